The number of amides is 4. The molecule has 11 heteroatoms. The molecule has 4 amide bonds. The highest BCUT2D eigenvalue weighted by Crippen LogP contribution is 2.65. The molecule has 6 atom stereocenters. The van der Waals surface area contributed by atoms with Gasteiger partial charge < -0.3 is 19.5 Å². The van der Waals surface area contributed by atoms with Crippen LogP contribution >= 0.6 is 0 Å². The Labute approximate surface area is 325 Å². The molecule has 3 aliphatic heterocycles. The van der Waals surface area contributed by atoms with E-state index in [4.69, 9.17) is 9.47 Å². The number of phenols is 1. The quantitative estimate of drug-likeness (QED) is 0.162. The predicted octanol–water partition coefficient (Wildman–Crippen LogP) is 6.13. The highest BCUT2D eigenvalue weighted by Gasteiger charge is 2.70. The summed E-state index contributed by atoms with van der Waals surface area (Å²) in [4.78, 5) is 62.9. The van der Waals surface area contributed by atoms with Gasteiger partial charge in [-0.05, 0) is 80.6 Å². The number of nitrogens with one attached hydrogen (secondary N) is 1. The first kappa shape index (κ1) is 35.7. The zero-order chi connectivity index (χ0) is 38.7. The molecule has 3 heterocycles. The molecule has 11 nitrogen and oxygen atoms in total. The number of carbonyl (C=O) groups is 4. The van der Waals surface area contributed by atoms with Crippen LogP contribution in [0.25, 0.3) is 0 Å². The number of hydrogen-bond acceptors (Lipinski definition) is 9. The number of carbonyl (C=O) groups excluding carboxylic acids is 4. The normalized spacial score (nSPS) is 27.1. The summed E-state index contributed by atoms with van der Waals surface area (Å²) in [6.45, 7) is 6.88. The van der Waals surface area contributed by atoms with Crippen molar-refractivity contribution in [3.63, 3.8) is 0 Å². The summed E-state index contributed by atoms with van der Waals surface area (Å²) in [7, 11) is 0. The van der Waals surface area contributed by atoms with Gasteiger partial charge in [0.15, 0.2) is 11.5 Å². The lowest BCUT2D eigenvalue weighted by Gasteiger charge is -2.50. The van der Waals surface area contributed by atoms with Gasteiger partial charge in [0.1, 0.15) is 0 Å². The predicted molar refractivity (Wildman–Crippen MR) is 210 cm³/mol. The van der Waals surface area contributed by atoms with Crippen LogP contribution in [0.4, 0.5) is 17.1 Å². The first-order valence-corrected chi connectivity index (χ1v) is 19.5. The zero-order valence-corrected chi connectivity index (χ0v) is 31.4. The van der Waals surface area contributed by atoms with E-state index in [2.05, 4.69) is 10.3 Å². The number of hydrazine groups is 1. The molecule has 5 aliphatic rings. The van der Waals surface area contributed by atoms with Gasteiger partial charge >= 0.3 is 0 Å². The number of aromatic hydroxyl groups is 1. The van der Waals surface area contributed by atoms with E-state index in [1.165, 1.54) is 4.90 Å². The zero-order valence-electron chi connectivity index (χ0n) is 31.4. The maximum Gasteiger partial charge on any atom is 0.260 e. The van der Waals surface area contributed by atoms with Crippen molar-refractivity contribution >= 4 is 40.7 Å². The Morgan fingerprint density at radius 3 is 2.25 bits per heavy atom. The van der Waals surface area contributed by atoms with Crippen LogP contribution in [0.15, 0.2) is 109 Å². The van der Waals surface area contributed by atoms with E-state index in [1.807, 2.05) is 98.8 Å². The third-order valence-corrected chi connectivity index (χ3v) is 12.5. The molecular weight excluding hydrogens is 709 g/mol. The van der Waals surface area contributed by atoms with Crippen molar-refractivity contribution in [2.45, 2.75) is 38.0 Å². The van der Waals surface area contributed by atoms with Gasteiger partial charge in [0, 0.05) is 30.3 Å². The molecule has 2 N–H and O–H groups in total. The Bertz CT molecular complexity index is 2230. The maximum atomic E-state index is 15.4. The average molecular weight is 753 g/mol. The van der Waals surface area contributed by atoms with Crippen LogP contribution in [0, 0.1) is 30.6 Å². The largest absolute Gasteiger partial charge is 0.504 e. The lowest BCUT2D eigenvalue weighted by atomic mass is 9.49. The Balaban J connectivity index is 1.17. The second-order valence-corrected chi connectivity index (χ2v) is 15.3. The van der Waals surface area contributed by atoms with Crippen LogP contribution in [-0.4, -0.2) is 66.7 Å². The van der Waals surface area contributed by atoms with Gasteiger partial charge in [-0.1, -0.05) is 71.8 Å². The summed E-state index contributed by atoms with van der Waals surface area (Å²) in [6.07, 6.45) is 2.42. The number of rotatable bonds is 8. The summed E-state index contributed by atoms with van der Waals surface area (Å²) < 4.78 is 11.4. The number of benzene rings is 4. The van der Waals surface area contributed by atoms with Crippen LogP contribution in [0.2, 0.25) is 0 Å². The molecule has 2 aliphatic carbocycles. The standard InChI is InChI=1S/C45H44N4O7/c1-3-56-37-11-7-10-34(40(37)50)39-32-20-21-33-38(43(53)48(41(33)51)31-18-16-30(17-19-31)47-22-24-55-25-23-47)35(32)26-36-42(52)49(46-29-14-12-27(2)13-15-29)44(54)45(36,39)28-8-5-4-6-9-28/h4-20,33,35-36,38-39,46,50H,3,21-26H2,1-2H3. The van der Waals surface area contributed by atoms with Gasteiger partial charge in [-0.3, -0.25) is 29.5 Å². The van der Waals surface area contributed by atoms with E-state index in [0.29, 0.717) is 42.3 Å². The molecule has 4 aromatic rings. The third-order valence-electron chi connectivity index (χ3n) is 12.5. The van der Waals surface area contributed by atoms with Gasteiger partial charge in [0.2, 0.25) is 11.8 Å². The first-order valence-electron chi connectivity index (χ1n) is 19.5. The SMILES string of the molecule is CCOc1cccc(C2C3=CCC4C(=O)N(c5ccc(N6CCOCC6)cc5)C(=O)C4C3CC3C(=O)N(Nc4ccc(C)cc4)C(=O)C32c2ccccc2)c1O. The molecule has 6 unspecified atom stereocenters. The van der Waals surface area contributed by atoms with Gasteiger partial charge in [-0.25, -0.2) is 0 Å². The fourth-order valence-electron chi connectivity index (χ4n) is 10.0. The summed E-state index contributed by atoms with van der Waals surface area (Å²) >= 11 is 0. The molecule has 286 valence electrons. The third kappa shape index (κ3) is 5.43. The lowest BCUT2D eigenvalue weighted by molar-refractivity contribution is -0.138. The van der Waals surface area contributed by atoms with Crippen molar-refractivity contribution in [2.75, 3.05) is 48.1 Å². The van der Waals surface area contributed by atoms with E-state index in [-0.39, 0.29) is 36.2 Å². The number of nitrogens with zero attached hydrogens (tertiary/aromatic N) is 3. The molecule has 4 fully saturated rings. The Morgan fingerprint density at radius 1 is 0.821 bits per heavy atom. The molecule has 4 aromatic carbocycles. The molecule has 9 rings (SSSR count). The van der Waals surface area contributed by atoms with E-state index < -0.39 is 46.8 Å². The molecule has 56 heavy (non-hydrogen) atoms. The van der Waals surface area contributed by atoms with Crippen molar-refractivity contribution in [3.8, 4) is 11.5 Å². The molecular formula is C45H44N4O7. The highest BCUT2D eigenvalue weighted by atomic mass is 16.5. The minimum atomic E-state index is -1.51. The van der Waals surface area contributed by atoms with E-state index in [9.17, 15) is 19.5 Å². The van der Waals surface area contributed by atoms with Crippen LogP contribution in [-0.2, 0) is 29.3 Å². The van der Waals surface area contributed by atoms with Gasteiger partial charge in [-0.2, -0.15) is 5.01 Å². The molecule has 3 saturated heterocycles. The number of phenolic OH excluding ortho intramolecular Hbond substituents is 1. The number of para-hydroxylation sites is 1. The van der Waals surface area contributed by atoms with E-state index in [1.54, 1.807) is 18.2 Å². The second-order valence-electron chi connectivity index (χ2n) is 15.3. The highest BCUT2D eigenvalue weighted by molar-refractivity contribution is 6.22. The number of anilines is 3. The maximum absolute atomic E-state index is 15.4. The van der Waals surface area contributed by atoms with Crippen LogP contribution in [0.3, 0.4) is 0 Å². The summed E-state index contributed by atoms with van der Waals surface area (Å²) in [5.41, 5.74) is 6.52. The average Bonchev–Trinajstić information content (AvgIpc) is 3.61. The van der Waals surface area contributed by atoms with Crippen LogP contribution in [0.1, 0.15) is 42.4 Å². The number of hydrogen-bond donors (Lipinski definition) is 2. The summed E-state index contributed by atoms with van der Waals surface area (Å²) in [5, 5.41) is 13.1. The molecule has 0 aromatic heterocycles. The van der Waals surface area contributed by atoms with Crippen molar-refractivity contribution in [3.05, 3.63) is 125 Å². The lowest BCUT2D eigenvalue weighted by Crippen LogP contribution is -2.53. The Hall–Kier alpha value is -5.94. The van der Waals surface area contributed by atoms with E-state index >= 15 is 4.79 Å². The Morgan fingerprint density at radius 2 is 1.54 bits per heavy atom. The smallest absolute Gasteiger partial charge is 0.260 e. The van der Waals surface area contributed by atoms with Crippen LogP contribution < -0.4 is 20.0 Å². The minimum Gasteiger partial charge on any atom is -0.504 e. The number of imide groups is 2. The number of aryl methyl sites for hydroxylation is 1. The topological polar surface area (TPSA) is 129 Å². The minimum absolute atomic E-state index is 0.127. The van der Waals surface area contributed by atoms with Crippen molar-refractivity contribution in [1.29, 1.82) is 0 Å². The van der Waals surface area contributed by atoms with Crippen LogP contribution in [0.5, 0.6) is 11.5 Å². The monoisotopic (exact) mass is 752 g/mol. The van der Waals surface area contributed by atoms with Crippen molar-refractivity contribution in [1.82, 2.24) is 5.01 Å². The number of fused-ring (bicyclic) bond motifs is 4. The van der Waals surface area contributed by atoms with E-state index in [0.717, 1.165) is 34.9 Å². The van der Waals surface area contributed by atoms with Gasteiger partial charge in [0.25, 0.3) is 11.8 Å². The van der Waals surface area contributed by atoms with Gasteiger partial charge in [-0.15, -0.1) is 0 Å². The Kier molecular flexibility index (Phi) is 8.92. The number of allylic oxidation sites excluding steroid dienone is 2. The fourth-order valence-corrected chi connectivity index (χ4v) is 10.0. The van der Waals surface area contributed by atoms with Crippen molar-refractivity contribution in [2.24, 2.45) is 23.7 Å². The second kappa shape index (κ2) is 14.0. The summed E-state index contributed by atoms with van der Waals surface area (Å²) in [5.74, 6) is -5.15. The fraction of sp³-hybridized carbons (Fsp3) is 0.333. The van der Waals surface area contributed by atoms with Crippen molar-refractivity contribution < 1.29 is 33.8 Å². The first-order chi connectivity index (χ1) is 27.2. The molecule has 0 radical (unpaired) electrons. The number of morpholine rings is 1. The number of ether oxygens (including phenoxy) is 2. The molecule has 0 bridgehead atoms. The van der Waals surface area contributed by atoms with Gasteiger partial charge in [0.05, 0.1) is 54.4 Å². The molecule has 0 spiro atoms. The summed E-state index contributed by atoms with van der Waals surface area (Å²) in [6, 6.07) is 29.5. The molecule has 1 saturated carbocycles.